The molecule has 0 bridgehead atoms. The molecule has 0 unspecified atom stereocenters. The van der Waals surface area contributed by atoms with Crippen molar-refractivity contribution in [3.63, 3.8) is 0 Å². The highest BCUT2D eigenvalue weighted by molar-refractivity contribution is 5.10. The topological polar surface area (TPSA) is 59.4 Å². The molecule has 2 rings (SSSR count). The molecule has 1 aromatic rings. The monoisotopic (exact) mass is 195 g/mol. The lowest BCUT2D eigenvalue weighted by atomic mass is 9.59. The molecule has 0 spiro atoms. The normalized spacial score (nSPS) is 33.8. The van der Waals surface area contributed by atoms with Crippen LogP contribution in [0.1, 0.15) is 31.6 Å². The number of aliphatic hydroxyl groups excluding tert-OH is 1. The lowest BCUT2D eigenvalue weighted by Gasteiger charge is -2.48. The third kappa shape index (κ3) is 1.37. The average Bonchev–Trinajstić information content (AvgIpc) is 2.64. The van der Waals surface area contributed by atoms with E-state index in [2.05, 4.69) is 6.92 Å². The van der Waals surface area contributed by atoms with Crippen LogP contribution >= 0.6 is 0 Å². The summed E-state index contributed by atoms with van der Waals surface area (Å²) in [6.07, 6.45) is 3.03. The first-order chi connectivity index (χ1) is 6.68. The van der Waals surface area contributed by atoms with Gasteiger partial charge in [-0.1, -0.05) is 6.92 Å². The number of furan rings is 1. The van der Waals surface area contributed by atoms with Gasteiger partial charge in [-0.3, -0.25) is 0 Å². The lowest BCUT2D eigenvalue weighted by Crippen LogP contribution is -2.46. The maximum atomic E-state index is 10.1. The van der Waals surface area contributed by atoms with Gasteiger partial charge in [-0.25, -0.2) is 0 Å². The number of hydrogen-bond acceptors (Lipinski definition) is 3. The molecule has 3 nitrogen and oxygen atoms in total. The predicted molar refractivity (Wildman–Crippen MR) is 53.6 cm³/mol. The van der Waals surface area contributed by atoms with Crippen molar-refractivity contribution in [2.75, 3.05) is 6.54 Å². The van der Waals surface area contributed by atoms with Crippen molar-refractivity contribution >= 4 is 0 Å². The molecule has 14 heavy (non-hydrogen) atoms. The highest BCUT2D eigenvalue weighted by Gasteiger charge is 2.47. The van der Waals surface area contributed by atoms with E-state index in [1.54, 1.807) is 12.3 Å². The highest BCUT2D eigenvalue weighted by Crippen LogP contribution is 2.52. The maximum Gasteiger partial charge on any atom is 0.132 e. The molecule has 1 saturated carbocycles. The molecule has 1 aliphatic rings. The molecule has 1 aromatic heterocycles. The summed E-state index contributed by atoms with van der Waals surface area (Å²) in [5.74, 6) is 1.31. The molecule has 1 heterocycles. The molecule has 1 fully saturated rings. The lowest BCUT2D eigenvalue weighted by molar-refractivity contribution is -0.0700. The Hall–Kier alpha value is -0.800. The largest absolute Gasteiger partial charge is 0.467 e. The first-order valence-electron chi connectivity index (χ1n) is 5.09. The first kappa shape index (κ1) is 9.74. The summed E-state index contributed by atoms with van der Waals surface area (Å²) in [4.78, 5) is 0. The van der Waals surface area contributed by atoms with Crippen LogP contribution in [-0.4, -0.2) is 11.7 Å². The van der Waals surface area contributed by atoms with Crippen LogP contribution in [0.15, 0.2) is 22.8 Å². The van der Waals surface area contributed by atoms with Crippen LogP contribution in [0.3, 0.4) is 0 Å². The van der Waals surface area contributed by atoms with Gasteiger partial charge in [-0.15, -0.1) is 0 Å². The molecule has 0 radical (unpaired) electrons. The minimum Gasteiger partial charge on any atom is -0.467 e. The van der Waals surface area contributed by atoms with Crippen LogP contribution in [-0.2, 0) is 0 Å². The Morgan fingerprint density at radius 2 is 2.43 bits per heavy atom. The van der Waals surface area contributed by atoms with Gasteiger partial charge in [0.1, 0.15) is 11.9 Å². The Balaban J connectivity index is 2.14. The summed E-state index contributed by atoms with van der Waals surface area (Å²) >= 11 is 0. The van der Waals surface area contributed by atoms with Crippen LogP contribution in [0.25, 0.3) is 0 Å². The van der Waals surface area contributed by atoms with Crippen molar-refractivity contribution in [2.45, 2.75) is 25.9 Å². The highest BCUT2D eigenvalue weighted by atomic mass is 16.4. The van der Waals surface area contributed by atoms with E-state index in [4.69, 9.17) is 10.2 Å². The first-order valence-corrected chi connectivity index (χ1v) is 5.09. The minimum atomic E-state index is -0.543. The van der Waals surface area contributed by atoms with Crippen molar-refractivity contribution in [1.29, 1.82) is 0 Å². The van der Waals surface area contributed by atoms with E-state index >= 15 is 0 Å². The SMILES string of the molecule is CC1CC(CN)([C@H](O)c2ccco2)C1. The van der Waals surface area contributed by atoms with Gasteiger partial charge in [-0.2, -0.15) is 0 Å². The minimum absolute atomic E-state index is 0.142. The van der Waals surface area contributed by atoms with Gasteiger partial charge >= 0.3 is 0 Å². The van der Waals surface area contributed by atoms with Crippen LogP contribution < -0.4 is 5.73 Å². The van der Waals surface area contributed by atoms with Crippen LogP contribution in [0.4, 0.5) is 0 Å². The fraction of sp³-hybridized carbons (Fsp3) is 0.636. The second-order valence-corrected chi connectivity index (χ2v) is 4.50. The van der Waals surface area contributed by atoms with Gasteiger partial charge in [0, 0.05) is 12.0 Å². The van der Waals surface area contributed by atoms with Gasteiger partial charge in [0.2, 0.25) is 0 Å². The van der Waals surface area contributed by atoms with E-state index in [1.165, 1.54) is 0 Å². The van der Waals surface area contributed by atoms with Crippen LogP contribution in [0.2, 0.25) is 0 Å². The second kappa shape index (κ2) is 3.41. The van der Waals surface area contributed by atoms with E-state index < -0.39 is 6.10 Å². The third-order valence-electron chi connectivity index (χ3n) is 3.31. The van der Waals surface area contributed by atoms with Crippen molar-refractivity contribution in [2.24, 2.45) is 17.1 Å². The fourth-order valence-corrected chi connectivity index (χ4v) is 2.58. The van der Waals surface area contributed by atoms with Crippen molar-refractivity contribution in [1.82, 2.24) is 0 Å². The Kier molecular flexibility index (Phi) is 2.37. The molecule has 3 heteroatoms. The molecule has 0 aromatic carbocycles. The zero-order valence-corrected chi connectivity index (χ0v) is 8.44. The number of nitrogens with two attached hydrogens (primary N) is 1. The van der Waals surface area contributed by atoms with Gasteiger partial charge in [0.05, 0.1) is 6.26 Å². The fourth-order valence-electron chi connectivity index (χ4n) is 2.58. The molecule has 1 atom stereocenters. The summed E-state index contributed by atoms with van der Waals surface area (Å²) in [6.45, 7) is 2.71. The Morgan fingerprint density at radius 1 is 1.71 bits per heavy atom. The number of rotatable bonds is 3. The summed E-state index contributed by atoms with van der Waals surface area (Å²) in [5, 5.41) is 10.1. The second-order valence-electron chi connectivity index (χ2n) is 4.50. The molecule has 1 aliphatic carbocycles. The van der Waals surface area contributed by atoms with Gasteiger partial charge in [-0.05, 0) is 30.9 Å². The molecule has 78 valence electrons. The van der Waals surface area contributed by atoms with Crippen molar-refractivity contribution in [3.05, 3.63) is 24.2 Å². The Morgan fingerprint density at radius 3 is 2.86 bits per heavy atom. The van der Waals surface area contributed by atoms with Crippen molar-refractivity contribution in [3.8, 4) is 0 Å². The summed E-state index contributed by atoms with van der Waals surface area (Å²) < 4.78 is 5.21. The summed E-state index contributed by atoms with van der Waals surface area (Å²) in [6, 6.07) is 3.61. The molecular formula is C11H17NO2. The van der Waals surface area contributed by atoms with Crippen LogP contribution in [0.5, 0.6) is 0 Å². The Bertz CT molecular complexity index is 288. The molecule has 0 amide bonds. The maximum absolute atomic E-state index is 10.1. The van der Waals surface area contributed by atoms with Gasteiger partial charge < -0.3 is 15.3 Å². The smallest absolute Gasteiger partial charge is 0.132 e. The zero-order valence-electron chi connectivity index (χ0n) is 8.44. The number of hydrogen-bond donors (Lipinski definition) is 2. The van der Waals surface area contributed by atoms with Gasteiger partial charge in [0.25, 0.3) is 0 Å². The molecule has 0 aliphatic heterocycles. The predicted octanol–water partition coefficient (Wildman–Crippen LogP) is 1.69. The standard InChI is InChI=1S/C11H17NO2/c1-8-5-11(6-8,7-12)10(13)9-3-2-4-14-9/h2-4,8,10,13H,5-7,12H2,1H3/t8?,10-,11?/m1/s1. The number of aliphatic hydroxyl groups is 1. The summed E-state index contributed by atoms with van der Waals surface area (Å²) in [5.41, 5.74) is 5.59. The van der Waals surface area contributed by atoms with E-state index in [9.17, 15) is 5.11 Å². The molecule has 3 N–H and O–H groups in total. The van der Waals surface area contributed by atoms with E-state index in [1.807, 2.05) is 6.07 Å². The Labute approximate surface area is 83.9 Å². The van der Waals surface area contributed by atoms with E-state index in [0.717, 1.165) is 12.8 Å². The van der Waals surface area contributed by atoms with Crippen LogP contribution in [0, 0.1) is 11.3 Å². The quantitative estimate of drug-likeness (QED) is 0.771. The molecule has 0 saturated heterocycles. The molecular weight excluding hydrogens is 178 g/mol. The third-order valence-corrected chi connectivity index (χ3v) is 3.31. The van der Waals surface area contributed by atoms with E-state index in [-0.39, 0.29) is 5.41 Å². The zero-order chi connectivity index (χ0) is 10.2. The van der Waals surface area contributed by atoms with Crippen molar-refractivity contribution < 1.29 is 9.52 Å². The van der Waals surface area contributed by atoms with E-state index in [0.29, 0.717) is 18.2 Å². The average molecular weight is 195 g/mol. The van der Waals surface area contributed by atoms with Gasteiger partial charge in [0.15, 0.2) is 0 Å². The summed E-state index contributed by atoms with van der Waals surface area (Å²) in [7, 11) is 0.